The predicted octanol–water partition coefficient (Wildman–Crippen LogP) is 12.1. The molecule has 39 heavy (non-hydrogen) atoms. The highest BCUT2D eigenvalue weighted by Crippen LogP contribution is 2.45. The quantitative estimate of drug-likeness (QED) is 0.0903. The summed E-state index contributed by atoms with van der Waals surface area (Å²) in [6.07, 6.45) is 10.2. The molecule has 0 aliphatic rings. The molecule has 4 aromatic carbocycles. The minimum Gasteiger partial charge on any atom is -0.492 e. The number of fused-ring (bicyclic) bond motifs is 6. The summed E-state index contributed by atoms with van der Waals surface area (Å²) in [5, 5.41) is 6.97. The Balaban J connectivity index is 1.88. The summed E-state index contributed by atoms with van der Waals surface area (Å²) in [6, 6.07) is 13.2. The Labute approximate surface area is 258 Å². The fourth-order valence-electron chi connectivity index (χ4n) is 4.93. The fraction of sp³-hybridized carbons (Fsp3) is 0.455. The summed E-state index contributed by atoms with van der Waals surface area (Å²) >= 11 is 11.4. The van der Waals surface area contributed by atoms with E-state index in [1.165, 1.54) is 54.7 Å². The van der Waals surface area contributed by atoms with Crippen LogP contribution in [0.2, 0.25) is 0 Å². The van der Waals surface area contributed by atoms with Gasteiger partial charge in [-0.05, 0) is 136 Å². The molecule has 210 valence electrons. The number of hydrogen-bond acceptors (Lipinski definition) is 3. The second-order valence-corrected chi connectivity index (χ2v) is 12.7. The lowest BCUT2D eigenvalue weighted by Crippen LogP contribution is -2.00. The molecule has 0 aromatic heterocycles. The largest absolute Gasteiger partial charge is 0.492 e. The van der Waals surface area contributed by atoms with Crippen molar-refractivity contribution in [3.05, 3.63) is 49.8 Å². The van der Waals surface area contributed by atoms with Crippen molar-refractivity contribution in [3.63, 3.8) is 0 Å². The minimum atomic E-state index is 0.714. The average Bonchev–Trinajstić information content (AvgIpc) is 2.93. The molecule has 4 aromatic rings. The van der Waals surface area contributed by atoms with Crippen molar-refractivity contribution in [2.75, 3.05) is 19.8 Å². The topological polar surface area (TPSA) is 27.7 Å². The second kappa shape index (κ2) is 14.9. The van der Waals surface area contributed by atoms with Crippen LogP contribution < -0.4 is 14.2 Å². The molecule has 4 rings (SSSR count). The van der Waals surface area contributed by atoms with Crippen LogP contribution in [0.1, 0.15) is 78.6 Å². The van der Waals surface area contributed by atoms with E-state index in [-0.39, 0.29) is 0 Å². The third kappa shape index (κ3) is 7.42. The average molecular weight is 723 g/mol. The van der Waals surface area contributed by atoms with Crippen LogP contribution in [0.25, 0.3) is 32.3 Å². The lowest BCUT2D eigenvalue weighted by atomic mass is 9.94. The molecule has 3 nitrogen and oxygen atoms in total. The lowest BCUT2D eigenvalue weighted by Gasteiger charge is -2.18. The van der Waals surface area contributed by atoms with Gasteiger partial charge in [0.2, 0.25) is 0 Å². The standard InChI is InChI=1S/C33H39Br3O3/c1-4-7-10-13-37-31-19-25-22(16-28(31)34)26-20-32(38-14-11-8-5-2)30(36)18-24(26)27-21-33(29(35)17-23(25)27)39-15-12-9-6-3/h16-21H,4-15H2,1-3H3. The molecule has 0 aliphatic heterocycles. The second-order valence-electron chi connectivity index (χ2n) is 10.2. The molecule has 0 saturated heterocycles. The van der Waals surface area contributed by atoms with Gasteiger partial charge >= 0.3 is 0 Å². The van der Waals surface area contributed by atoms with Crippen molar-refractivity contribution < 1.29 is 14.2 Å². The Morgan fingerprint density at radius 2 is 0.667 bits per heavy atom. The monoisotopic (exact) mass is 720 g/mol. The highest BCUT2D eigenvalue weighted by atomic mass is 79.9. The first-order valence-electron chi connectivity index (χ1n) is 14.4. The van der Waals surface area contributed by atoms with E-state index in [0.29, 0.717) is 19.8 Å². The van der Waals surface area contributed by atoms with Crippen molar-refractivity contribution >= 4 is 80.1 Å². The Hall–Kier alpha value is -1.50. The van der Waals surface area contributed by atoms with Gasteiger partial charge in [-0.3, -0.25) is 0 Å². The molecule has 0 fully saturated rings. The van der Waals surface area contributed by atoms with Crippen LogP contribution in [0, 0.1) is 0 Å². The molecule has 0 radical (unpaired) electrons. The molecule has 6 heteroatoms. The first kappa shape index (κ1) is 30.5. The predicted molar refractivity (Wildman–Crippen MR) is 177 cm³/mol. The Morgan fingerprint density at radius 1 is 0.410 bits per heavy atom. The SMILES string of the molecule is CCCCCOc1cc2c(cc1Br)c1cc(OCCCCC)c(Br)cc1c1cc(OCCCCC)c(Br)cc21. The van der Waals surface area contributed by atoms with Gasteiger partial charge in [-0.25, -0.2) is 0 Å². The molecular formula is C33H39Br3O3. The fourth-order valence-corrected chi connectivity index (χ4v) is 6.31. The van der Waals surface area contributed by atoms with Crippen LogP contribution in [-0.2, 0) is 0 Å². The Morgan fingerprint density at radius 3 is 0.923 bits per heavy atom. The van der Waals surface area contributed by atoms with Crippen molar-refractivity contribution in [1.82, 2.24) is 0 Å². The summed E-state index contributed by atoms with van der Waals surface area (Å²) in [7, 11) is 0. The molecule has 0 spiro atoms. The molecular weight excluding hydrogens is 684 g/mol. The summed E-state index contributed by atoms with van der Waals surface area (Å²) in [5.74, 6) is 2.63. The van der Waals surface area contributed by atoms with Gasteiger partial charge in [-0.2, -0.15) is 0 Å². The lowest BCUT2D eigenvalue weighted by molar-refractivity contribution is 0.305. The Kier molecular flexibility index (Phi) is 11.7. The van der Waals surface area contributed by atoms with E-state index in [1.54, 1.807) is 0 Å². The zero-order chi connectivity index (χ0) is 27.8. The number of halogens is 3. The number of unbranched alkanes of at least 4 members (excludes halogenated alkanes) is 6. The third-order valence-electron chi connectivity index (χ3n) is 7.10. The maximum absolute atomic E-state index is 6.24. The molecule has 0 unspecified atom stereocenters. The van der Waals surface area contributed by atoms with Gasteiger partial charge in [0.25, 0.3) is 0 Å². The van der Waals surface area contributed by atoms with Crippen molar-refractivity contribution in [3.8, 4) is 17.2 Å². The summed E-state index contributed by atoms with van der Waals surface area (Å²) in [6.45, 7) is 8.78. The van der Waals surface area contributed by atoms with Crippen molar-refractivity contribution in [1.29, 1.82) is 0 Å². The van der Waals surface area contributed by atoms with E-state index in [4.69, 9.17) is 14.2 Å². The van der Waals surface area contributed by atoms with E-state index in [1.807, 2.05) is 0 Å². The van der Waals surface area contributed by atoms with Gasteiger partial charge in [0.1, 0.15) is 17.2 Å². The Bertz CT molecular complexity index is 1220. The normalized spacial score (nSPS) is 11.5. The van der Waals surface area contributed by atoms with E-state index < -0.39 is 0 Å². The zero-order valence-electron chi connectivity index (χ0n) is 23.3. The van der Waals surface area contributed by atoms with Crippen LogP contribution in [-0.4, -0.2) is 19.8 Å². The highest BCUT2D eigenvalue weighted by Gasteiger charge is 2.17. The van der Waals surface area contributed by atoms with Gasteiger partial charge in [0.05, 0.1) is 33.2 Å². The van der Waals surface area contributed by atoms with Gasteiger partial charge < -0.3 is 14.2 Å². The maximum atomic E-state index is 6.24. The van der Waals surface area contributed by atoms with E-state index >= 15 is 0 Å². The molecule has 0 saturated carbocycles. The summed E-state index contributed by atoms with van der Waals surface area (Å²) in [4.78, 5) is 0. The number of benzene rings is 4. The van der Waals surface area contributed by atoms with E-state index in [9.17, 15) is 0 Å². The van der Waals surface area contributed by atoms with Gasteiger partial charge in [-0.1, -0.05) is 59.3 Å². The summed E-state index contributed by atoms with van der Waals surface area (Å²) < 4.78 is 21.6. The molecule has 0 N–H and O–H groups in total. The number of hydrogen-bond donors (Lipinski definition) is 0. The van der Waals surface area contributed by atoms with Crippen molar-refractivity contribution in [2.45, 2.75) is 78.6 Å². The van der Waals surface area contributed by atoms with Gasteiger partial charge in [0, 0.05) is 0 Å². The van der Waals surface area contributed by atoms with Crippen LogP contribution in [0.3, 0.4) is 0 Å². The van der Waals surface area contributed by atoms with Crippen LogP contribution in [0.4, 0.5) is 0 Å². The number of rotatable bonds is 15. The van der Waals surface area contributed by atoms with Gasteiger partial charge in [0.15, 0.2) is 0 Å². The van der Waals surface area contributed by atoms with Crippen LogP contribution in [0.5, 0.6) is 17.2 Å². The first-order valence-corrected chi connectivity index (χ1v) is 16.8. The van der Waals surface area contributed by atoms with Crippen LogP contribution in [0.15, 0.2) is 49.8 Å². The van der Waals surface area contributed by atoms with E-state index in [2.05, 4.69) is 105 Å². The minimum absolute atomic E-state index is 0.714. The highest BCUT2D eigenvalue weighted by molar-refractivity contribution is 9.11. The number of ether oxygens (including phenoxy) is 3. The van der Waals surface area contributed by atoms with E-state index in [0.717, 1.165) is 66.1 Å². The molecule has 0 amide bonds. The van der Waals surface area contributed by atoms with Crippen molar-refractivity contribution in [2.24, 2.45) is 0 Å². The third-order valence-corrected chi connectivity index (χ3v) is 8.96. The van der Waals surface area contributed by atoms with Crippen LogP contribution >= 0.6 is 47.8 Å². The first-order chi connectivity index (χ1) is 19.0. The molecule has 0 bridgehead atoms. The summed E-state index contributed by atoms with van der Waals surface area (Å²) in [5.41, 5.74) is 0. The zero-order valence-corrected chi connectivity index (χ0v) is 28.1. The molecule has 0 aliphatic carbocycles. The molecule has 0 atom stereocenters. The maximum Gasteiger partial charge on any atom is 0.134 e. The van der Waals surface area contributed by atoms with Gasteiger partial charge in [-0.15, -0.1) is 0 Å². The smallest absolute Gasteiger partial charge is 0.134 e. The molecule has 0 heterocycles.